The highest BCUT2D eigenvalue weighted by Gasteiger charge is 1.93. The Morgan fingerprint density at radius 3 is 1.82 bits per heavy atom. The molecule has 0 N–H and O–H groups in total. The van der Waals surface area contributed by atoms with Crippen molar-refractivity contribution in [3.05, 3.63) is 29.3 Å². The number of hydrogen-bond acceptors (Lipinski definition) is 0. The molecule has 0 aliphatic heterocycles. The first-order chi connectivity index (χ1) is 4.72. The summed E-state index contributed by atoms with van der Waals surface area (Å²) in [7, 11) is 0. The van der Waals surface area contributed by atoms with Crippen LogP contribution in [0.3, 0.4) is 0 Å². The molecule has 0 bridgehead atoms. The lowest BCUT2D eigenvalue weighted by atomic mass is 10.2. The maximum absolute atomic E-state index is 2.33. The Balaban J connectivity index is 0.000001000. The van der Waals surface area contributed by atoms with Crippen molar-refractivity contribution < 1.29 is 0 Å². The van der Waals surface area contributed by atoms with Crippen molar-refractivity contribution >= 4 is 36.5 Å². The standard InChI is InChI=1S/C8H9.CH3.ClH.Mg/c1-7-4-3-5-8(2)6-7;;;/h4-6H,1-2H3;1H3;1H;. The molecule has 0 radical (unpaired) electrons. The number of hydrogen-bond donors (Lipinski definition) is 0. The monoisotopic (exact) mass is 180 g/mol. The fourth-order valence-corrected chi connectivity index (χ4v) is 2.33. The van der Waals surface area contributed by atoms with Crippen molar-refractivity contribution in [1.29, 1.82) is 0 Å². The van der Waals surface area contributed by atoms with E-state index in [1.165, 1.54) is 11.1 Å². The van der Waals surface area contributed by atoms with Crippen molar-refractivity contribution in [2.24, 2.45) is 0 Å². The molecule has 0 nitrogen and oxygen atoms in total. The van der Waals surface area contributed by atoms with E-state index in [-0.39, 0.29) is 32.8 Å². The van der Waals surface area contributed by atoms with E-state index in [0.29, 0.717) is 0 Å². The Morgan fingerprint density at radius 1 is 1.00 bits per heavy atom. The summed E-state index contributed by atoms with van der Waals surface area (Å²) in [6.45, 7) is 4.33. The number of aryl methyl sites for hydroxylation is 2. The fraction of sp³-hybridized carbons (Fsp3) is 0.333. The summed E-state index contributed by atoms with van der Waals surface area (Å²) < 4.78 is 1.58. The number of benzene rings is 1. The largest absolute Gasteiger partial charge is 0.404 e. The van der Waals surface area contributed by atoms with E-state index in [1.807, 2.05) is 0 Å². The Labute approximate surface area is 84.5 Å². The molecule has 0 heterocycles. The lowest BCUT2D eigenvalue weighted by molar-refractivity contribution is 1.40. The molecule has 1 aromatic carbocycles. The minimum atomic E-state index is 0. The minimum absolute atomic E-state index is 0. The number of halogens is 1. The molecule has 0 saturated carbocycles. The summed E-state index contributed by atoms with van der Waals surface area (Å²) in [6.07, 6.45) is 0. The van der Waals surface area contributed by atoms with Gasteiger partial charge in [0.15, 0.2) is 0 Å². The van der Waals surface area contributed by atoms with Gasteiger partial charge in [0.1, 0.15) is 0 Å². The lowest BCUT2D eigenvalue weighted by Gasteiger charge is -2.00. The molecule has 0 fully saturated rings. The maximum Gasteiger partial charge on any atom is 0.404 e. The molecule has 0 atom stereocenters. The summed E-state index contributed by atoms with van der Waals surface area (Å²) in [4.78, 5) is 0. The molecular formula is C9H13ClMg. The lowest BCUT2D eigenvalue weighted by Crippen LogP contribution is -2.10. The first-order valence-electron chi connectivity index (χ1n) is 3.79. The fourth-order valence-electron chi connectivity index (χ4n) is 1.27. The molecule has 0 aliphatic carbocycles. The average Bonchev–Trinajstić information content (AvgIpc) is 1.85. The molecule has 0 spiro atoms. The molecule has 0 saturated heterocycles. The second kappa shape index (κ2) is 5.02. The third-order valence-electron chi connectivity index (χ3n) is 1.69. The summed E-state index contributed by atoms with van der Waals surface area (Å²) in [5.41, 5.74) is 2.81. The van der Waals surface area contributed by atoms with Gasteiger partial charge in [0, 0.05) is 0 Å². The van der Waals surface area contributed by atoms with E-state index in [2.05, 4.69) is 37.1 Å². The highest BCUT2D eigenvalue weighted by atomic mass is 35.5. The Bertz CT molecular complexity index is 213. The highest BCUT2D eigenvalue weighted by molar-refractivity contribution is 6.51. The summed E-state index contributed by atoms with van der Waals surface area (Å²) in [5.74, 6) is 0. The smallest absolute Gasteiger partial charge is 0.174 e. The van der Waals surface area contributed by atoms with Crippen molar-refractivity contribution in [3.63, 3.8) is 0 Å². The van der Waals surface area contributed by atoms with Gasteiger partial charge in [-0.05, 0) is 13.8 Å². The van der Waals surface area contributed by atoms with Crippen molar-refractivity contribution in [2.45, 2.75) is 18.9 Å². The minimum Gasteiger partial charge on any atom is -0.174 e. The van der Waals surface area contributed by atoms with Crippen molar-refractivity contribution in [2.75, 3.05) is 0 Å². The molecule has 2 heteroatoms. The van der Waals surface area contributed by atoms with Crippen LogP contribution < -0.4 is 3.69 Å². The summed E-state index contributed by atoms with van der Waals surface area (Å²) in [6, 6.07) is 6.84. The second-order valence-electron chi connectivity index (χ2n) is 2.85. The predicted octanol–water partition coefficient (Wildman–Crippen LogP) is 2.10. The van der Waals surface area contributed by atoms with Gasteiger partial charge in [-0.25, -0.2) is 0 Å². The third-order valence-corrected chi connectivity index (χ3v) is 2.91. The van der Waals surface area contributed by atoms with Crippen LogP contribution in [0.25, 0.3) is 0 Å². The zero-order chi connectivity index (χ0) is 7.56. The van der Waals surface area contributed by atoms with Gasteiger partial charge in [0.25, 0.3) is 0 Å². The molecule has 0 aliphatic rings. The van der Waals surface area contributed by atoms with Crippen LogP contribution in [0.4, 0.5) is 0 Å². The van der Waals surface area contributed by atoms with Crippen LogP contribution in [-0.2, 0) is 0 Å². The highest BCUT2D eigenvalue weighted by Crippen LogP contribution is 1.98. The van der Waals surface area contributed by atoms with Crippen molar-refractivity contribution in [3.8, 4) is 0 Å². The molecule has 11 heavy (non-hydrogen) atoms. The zero-order valence-corrected chi connectivity index (χ0v) is 9.58. The molecule has 58 valence electrons. The quantitative estimate of drug-likeness (QED) is 0.582. The van der Waals surface area contributed by atoms with Crippen LogP contribution in [0.2, 0.25) is 5.05 Å². The normalized spacial score (nSPS) is 8.27. The van der Waals surface area contributed by atoms with Crippen LogP contribution in [0, 0.1) is 13.8 Å². The Kier molecular flexibility index (Phi) is 5.14. The SMILES string of the molecule is Cl.[CH3][Mg][c]1cc(C)cc(C)c1. The van der Waals surface area contributed by atoms with Gasteiger partial charge in [-0.3, -0.25) is 0 Å². The Morgan fingerprint density at radius 2 is 1.45 bits per heavy atom. The van der Waals surface area contributed by atoms with E-state index in [9.17, 15) is 0 Å². The molecule has 0 amide bonds. The molecule has 1 rings (SSSR count). The molecule has 1 aromatic rings. The Hall–Kier alpha value is 0.276. The van der Waals surface area contributed by atoms with E-state index in [4.69, 9.17) is 0 Å². The average molecular weight is 181 g/mol. The van der Waals surface area contributed by atoms with Gasteiger partial charge in [-0.15, -0.1) is 17.5 Å². The van der Waals surface area contributed by atoms with Gasteiger partial charge in [0.2, 0.25) is 0 Å². The maximum atomic E-state index is 2.33. The summed E-state index contributed by atoms with van der Waals surface area (Å²) >= 11 is 0.0485. The number of rotatable bonds is 1. The first kappa shape index (κ1) is 11.3. The van der Waals surface area contributed by atoms with E-state index in [0.717, 1.165) is 0 Å². The van der Waals surface area contributed by atoms with Gasteiger partial charge in [0.05, 0.1) is 0 Å². The van der Waals surface area contributed by atoms with E-state index >= 15 is 0 Å². The van der Waals surface area contributed by atoms with Crippen LogP contribution in [-0.4, -0.2) is 20.4 Å². The van der Waals surface area contributed by atoms with Crippen LogP contribution in [0.15, 0.2) is 18.2 Å². The molecule has 0 unspecified atom stereocenters. The van der Waals surface area contributed by atoms with Gasteiger partial charge in [-0.1, -0.05) is 29.3 Å². The second-order valence-corrected chi connectivity index (χ2v) is 4.37. The van der Waals surface area contributed by atoms with Crippen LogP contribution >= 0.6 is 12.4 Å². The van der Waals surface area contributed by atoms with Gasteiger partial charge < -0.3 is 0 Å². The third kappa shape index (κ3) is 3.45. The van der Waals surface area contributed by atoms with E-state index in [1.54, 1.807) is 3.69 Å². The van der Waals surface area contributed by atoms with E-state index < -0.39 is 0 Å². The zero-order valence-electron chi connectivity index (χ0n) is 7.35. The van der Waals surface area contributed by atoms with Crippen LogP contribution in [0.5, 0.6) is 0 Å². The molecular weight excluding hydrogens is 168 g/mol. The topological polar surface area (TPSA) is 0 Å². The van der Waals surface area contributed by atoms with Gasteiger partial charge in [-0.2, -0.15) is 3.69 Å². The molecule has 0 aromatic heterocycles. The van der Waals surface area contributed by atoms with Crippen molar-refractivity contribution in [1.82, 2.24) is 0 Å². The predicted molar refractivity (Wildman–Crippen MR) is 54.4 cm³/mol. The first-order valence-corrected chi connectivity index (χ1v) is 5.91. The van der Waals surface area contributed by atoms with Crippen LogP contribution in [0.1, 0.15) is 11.1 Å². The summed E-state index contributed by atoms with van der Waals surface area (Å²) in [5, 5.41) is 2.33. The van der Waals surface area contributed by atoms with Gasteiger partial charge >= 0.3 is 20.4 Å².